The molecular formula is C33H39ClN4OS. The summed E-state index contributed by atoms with van der Waals surface area (Å²) in [7, 11) is 0. The molecule has 0 aliphatic carbocycles. The van der Waals surface area contributed by atoms with Gasteiger partial charge in [-0.15, -0.1) is 10.2 Å². The molecule has 7 heteroatoms. The quantitative estimate of drug-likeness (QED) is 0.121. The van der Waals surface area contributed by atoms with E-state index in [1.807, 2.05) is 36.4 Å². The molecule has 1 atom stereocenters. The van der Waals surface area contributed by atoms with Gasteiger partial charge in [-0.25, -0.2) is 0 Å². The Kier molecular flexibility index (Phi) is 11.2. The molecule has 5 nitrogen and oxygen atoms in total. The summed E-state index contributed by atoms with van der Waals surface area (Å²) in [5, 5.41) is 14.1. The molecule has 1 amide bonds. The number of nitrogens with zero attached hydrogens (tertiary/aromatic N) is 3. The van der Waals surface area contributed by atoms with Crippen LogP contribution < -0.4 is 5.32 Å². The zero-order valence-corrected chi connectivity index (χ0v) is 25.3. The van der Waals surface area contributed by atoms with Gasteiger partial charge in [0.15, 0.2) is 11.0 Å². The van der Waals surface area contributed by atoms with Gasteiger partial charge in [-0.05, 0) is 55.5 Å². The van der Waals surface area contributed by atoms with Crippen LogP contribution in [0.3, 0.4) is 0 Å². The molecule has 4 rings (SSSR count). The van der Waals surface area contributed by atoms with E-state index in [1.165, 1.54) is 30.4 Å². The average molecular weight is 575 g/mol. The Bertz CT molecular complexity index is 1390. The second-order valence-corrected chi connectivity index (χ2v) is 11.7. The smallest absolute Gasteiger partial charge is 0.220 e. The second-order valence-electron chi connectivity index (χ2n) is 10.4. The van der Waals surface area contributed by atoms with Crippen LogP contribution in [0.15, 0.2) is 78.0 Å². The predicted octanol–water partition coefficient (Wildman–Crippen LogP) is 8.59. The number of thioether (sulfide) groups is 1. The molecule has 4 aromatic rings. The van der Waals surface area contributed by atoms with E-state index in [2.05, 4.69) is 72.2 Å². The van der Waals surface area contributed by atoms with Crippen LogP contribution in [-0.2, 0) is 17.0 Å². The van der Waals surface area contributed by atoms with Crippen molar-refractivity contribution in [3.05, 3.63) is 106 Å². The monoisotopic (exact) mass is 574 g/mol. The SMILES string of the molecule is CCCCCCCC(=O)NC(Cc1ccccc1)c1nnc(SCc2cccc(C)c2)n1-c1cc(Cl)ccc1C. The Morgan fingerprint density at radius 2 is 1.70 bits per heavy atom. The maximum absolute atomic E-state index is 13.2. The van der Waals surface area contributed by atoms with Gasteiger partial charge in [-0.2, -0.15) is 0 Å². The van der Waals surface area contributed by atoms with Crippen molar-refractivity contribution < 1.29 is 4.79 Å². The molecule has 210 valence electrons. The van der Waals surface area contributed by atoms with Crippen LogP contribution in [0.5, 0.6) is 0 Å². The number of amides is 1. The van der Waals surface area contributed by atoms with E-state index in [0.29, 0.717) is 23.7 Å². The van der Waals surface area contributed by atoms with Crippen LogP contribution in [0.25, 0.3) is 5.69 Å². The third-order valence-corrected chi connectivity index (χ3v) is 8.19. The molecule has 0 saturated carbocycles. The number of benzene rings is 3. The van der Waals surface area contributed by atoms with Crippen molar-refractivity contribution in [2.45, 2.75) is 82.7 Å². The summed E-state index contributed by atoms with van der Waals surface area (Å²) >= 11 is 8.12. The number of aryl methyl sites for hydroxylation is 2. The Morgan fingerprint density at radius 1 is 0.925 bits per heavy atom. The number of hydrogen-bond acceptors (Lipinski definition) is 4. The van der Waals surface area contributed by atoms with E-state index in [4.69, 9.17) is 16.7 Å². The Labute approximate surface area is 247 Å². The highest BCUT2D eigenvalue weighted by molar-refractivity contribution is 7.98. The average Bonchev–Trinajstić information content (AvgIpc) is 3.37. The lowest BCUT2D eigenvalue weighted by molar-refractivity contribution is -0.122. The molecule has 0 saturated heterocycles. The minimum atomic E-state index is -0.343. The van der Waals surface area contributed by atoms with E-state index in [9.17, 15) is 4.79 Å². The topological polar surface area (TPSA) is 59.8 Å². The summed E-state index contributed by atoms with van der Waals surface area (Å²) in [6.45, 7) is 6.36. The van der Waals surface area contributed by atoms with Crippen LogP contribution in [0.1, 0.15) is 79.6 Å². The van der Waals surface area contributed by atoms with Crippen molar-refractivity contribution in [2.24, 2.45) is 0 Å². The van der Waals surface area contributed by atoms with Gasteiger partial charge in [-0.3, -0.25) is 9.36 Å². The summed E-state index contributed by atoms with van der Waals surface area (Å²) in [6.07, 6.45) is 6.65. The van der Waals surface area contributed by atoms with Crippen molar-refractivity contribution in [1.29, 1.82) is 0 Å². The van der Waals surface area contributed by atoms with Crippen molar-refractivity contribution in [3.8, 4) is 5.69 Å². The van der Waals surface area contributed by atoms with Crippen molar-refractivity contribution in [2.75, 3.05) is 0 Å². The zero-order chi connectivity index (χ0) is 28.3. The van der Waals surface area contributed by atoms with Gasteiger partial charge in [0.2, 0.25) is 5.91 Å². The Hall–Kier alpha value is -3.09. The molecule has 40 heavy (non-hydrogen) atoms. The lowest BCUT2D eigenvalue weighted by Gasteiger charge is -2.21. The summed E-state index contributed by atoms with van der Waals surface area (Å²) in [5.74, 6) is 1.51. The highest BCUT2D eigenvalue weighted by Crippen LogP contribution is 2.31. The fourth-order valence-corrected chi connectivity index (χ4v) is 5.87. The molecule has 0 bridgehead atoms. The molecule has 0 radical (unpaired) electrons. The fourth-order valence-electron chi connectivity index (χ4n) is 4.81. The first-order chi connectivity index (χ1) is 19.4. The van der Waals surface area contributed by atoms with Gasteiger partial charge in [0.25, 0.3) is 0 Å². The number of unbranched alkanes of at least 4 members (excludes halogenated alkanes) is 4. The third kappa shape index (κ3) is 8.45. The first-order valence-corrected chi connectivity index (χ1v) is 15.5. The number of carbonyl (C=O) groups is 1. The molecule has 1 heterocycles. The highest BCUT2D eigenvalue weighted by atomic mass is 35.5. The van der Waals surface area contributed by atoms with E-state index in [0.717, 1.165) is 40.6 Å². The molecule has 0 aliphatic heterocycles. The van der Waals surface area contributed by atoms with Crippen LogP contribution in [-0.4, -0.2) is 20.7 Å². The standard InChI is InChI=1S/C33H39ClN4OS/c1-4-5-6-7-11-17-31(39)35-29(21-26-14-9-8-10-15-26)32-36-37-33(40-23-27-16-12-13-24(2)20-27)38(32)30-22-28(34)19-18-25(30)3/h8-10,12-16,18-20,22,29H,4-7,11,17,21,23H2,1-3H3,(H,35,39). The summed E-state index contributed by atoms with van der Waals surface area (Å²) in [4.78, 5) is 13.2. The van der Waals surface area contributed by atoms with Crippen molar-refractivity contribution in [3.63, 3.8) is 0 Å². The molecule has 0 spiro atoms. The third-order valence-electron chi connectivity index (χ3n) is 6.96. The van der Waals surface area contributed by atoms with Crippen molar-refractivity contribution in [1.82, 2.24) is 20.1 Å². The van der Waals surface area contributed by atoms with E-state index in [-0.39, 0.29) is 11.9 Å². The molecule has 1 aromatic heterocycles. The maximum atomic E-state index is 13.2. The van der Waals surface area contributed by atoms with Crippen LogP contribution >= 0.6 is 23.4 Å². The number of halogens is 1. The fraction of sp³-hybridized carbons (Fsp3) is 0.364. The number of nitrogens with one attached hydrogen (secondary N) is 1. The number of carbonyl (C=O) groups excluding carboxylic acids is 1. The molecule has 1 unspecified atom stereocenters. The first-order valence-electron chi connectivity index (χ1n) is 14.2. The summed E-state index contributed by atoms with van der Waals surface area (Å²) < 4.78 is 2.08. The first kappa shape index (κ1) is 29.9. The zero-order valence-electron chi connectivity index (χ0n) is 23.7. The summed E-state index contributed by atoms with van der Waals surface area (Å²) in [5.41, 5.74) is 5.56. The van der Waals surface area contributed by atoms with Gasteiger partial charge >= 0.3 is 0 Å². The van der Waals surface area contributed by atoms with Gasteiger partial charge in [-0.1, -0.05) is 122 Å². The lowest BCUT2D eigenvalue weighted by Crippen LogP contribution is -2.32. The molecule has 0 fully saturated rings. The minimum Gasteiger partial charge on any atom is -0.346 e. The van der Waals surface area contributed by atoms with E-state index >= 15 is 0 Å². The van der Waals surface area contributed by atoms with Crippen LogP contribution in [0.4, 0.5) is 0 Å². The summed E-state index contributed by atoms with van der Waals surface area (Å²) in [6, 6.07) is 24.2. The van der Waals surface area contributed by atoms with Crippen LogP contribution in [0.2, 0.25) is 5.02 Å². The van der Waals surface area contributed by atoms with Gasteiger partial charge in [0.05, 0.1) is 11.7 Å². The van der Waals surface area contributed by atoms with Gasteiger partial charge in [0.1, 0.15) is 0 Å². The normalized spacial score (nSPS) is 11.9. The molecule has 3 aromatic carbocycles. The second kappa shape index (κ2) is 15.1. The number of hydrogen-bond donors (Lipinski definition) is 1. The minimum absolute atomic E-state index is 0.0451. The van der Waals surface area contributed by atoms with Crippen molar-refractivity contribution >= 4 is 29.3 Å². The number of rotatable bonds is 14. The molecular weight excluding hydrogens is 536 g/mol. The number of aromatic nitrogens is 3. The van der Waals surface area contributed by atoms with E-state index in [1.54, 1.807) is 11.8 Å². The van der Waals surface area contributed by atoms with Crippen LogP contribution in [0, 0.1) is 13.8 Å². The van der Waals surface area contributed by atoms with E-state index < -0.39 is 0 Å². The Morgan fingerprint density at radius 3 is 2.48 bits per heavy atom. The molecule has 0 aliphatic rings. The van der Waals surface area contributed by atoms with Gasteiger partial charge < -0.3 is 5.32 Å². The Balaban J connectivity index is 1.67. The highest BCUT2D eigenvalue weighted by Gasteiger charge is 2.25. The largest absolute Gasteiger partial charge is 0.346 e. The predicted molar refractivity (Wildman–Crippen MR) is 166 cm³/mol. The molecule has 1 N–H and O–H groups in total. The lowest BCUT2D eigenvalue weighted by atomic mass is 10.0. The maximum Gasteiger partial charge on any atom is 0.220 e. The van der Waals surface area contributed by atoms with Gasteiger partial charge in [0, 0.05) is 17.2 Å².